The summed E-state index contributed by atoms with van der Waals surface area (Å²) in [6.45, 7) is 2.06. The Hall–Kier alpha value is -2.33. The molecule has 112 valence electrons. The van der Waals surface area contributed by atoms with Gasteiger partial charge in [0, 0.05) is 5.56 Å². The Kier molecular flexibility index (Phi) is 4.11. The topological polar surface area (TPSA) is 39.9 Å². The highest BCUT2D eigenvalue weighted by Crippen LogP contribution is 2.30. The third kappa shape index (κ3) is 2.57. The van der Waals surface area contributed by atoms with Crippen molar-refractivity contribution >= 4 is 11.6 Å². The number of benzene rings is 2. The highest BCUT2D eigenvalue weighted by molar-refractivity contribution is 6.17. The minimum atomic E-state index is 0.304. The Labute approximate surface area is 134 Å². The van der Waals surface area contributed by atoms with Gasteiger partial charge in [-0.15, -0.1) is 16.7 Å². The highest BCUT2D eigenvalue weighted by Gasteiger charge is 2.17. The molecule has 0 saturated carbocycles. The molecule has 0 N–H and O–H groups in total. The van der Waals surface area contributed by atoms with Crippen molar-refractivity contribution in [2.45, 2.75) is 12.8 Å². The standard InChI is InChI=1S/C17H16ClN3O/c1-12-6-5-7-13(10-12)17-14(11-18)19-20-21(17)15-8-3-4-9-16(15)22-2/h3-10H,11H2,1-2H3. The average molecular weight is 314 g/mol. The zero-order valence-electron chi connectivity index (χ0n) is 12.5. The monoisotopic (exact) mass is 313 g/mol. The first-order chi connectivity index (χ1) is 10.7. The fourth-order valence-electron chi connectivity index (χ4n) is 2.46. The van der Waals surface area contributed by atoms with Crippen LogP contribution in [-0.2, 0) is 5.88 Å². The van der Waals surface area contributed by atoms with Gasteiger partial charge in [0.25, 0.3) is 0 Å². The predicted molar refractivity (Wildman–Crippen MR) is 87.6 cm³/mol. The summed E-state index contributed by atoms with van der Waals surface area (Å²) in [5, 5.41) is 8.49. The van der Waals surface area contributed by atoms with Gasteiger partial charge in [-0.3, -0.25) is 0 Å². The number of hydrogen-bond acceptors (Lipinski definition) is 3. The summed E-state index contributed by atoms with van der Waals surface area (Å²) in [4.78, 5) is 0. The second kappa shape index (κ2) is 6.20. The third-order valence-electron chi connectivity index (χ3n) is 3.47. The van der Waals surface area contributed by atoms with Gasteiger partial charge in [-0.25, -0.2) is 4.68 Å². The Morgan fingerprint density at radius 2 is 1.95 bits per heavy atom. The molecule has 0 unspecified atom stereocenters. The van der Waals surface area contributed by atoms with E-state index in [1.54, 1.807) is 11.8 Å². The fourth-order valence-corrected chi connectivity index (χ4v) is 2.64. The summed E-state index contributed by atoms with van der Waals surface area (Å²) < 4.78 is 7.22. The number of hydrogen-bond donors (Lipinski definition) is 0. The molecule has 3 rings (SSSR count). The van der Waals surface area contributed by atoms with E-state index in [1.165, 1.54) is 5.56 Å². The Balaban J connectivity index is 2.24. The first-order valence-electron chi connectivity index (χ1n) is 6.95. The largest absolute Gasteiger partial charge is 0.494 e. The fraction of sp³-hybridized carbons (Fsp3) is 0.176. The average Bonchev–Trinajstić information content (AvgIpc) is 2.98. The quantitative estimate of drug-likeness (QED) is 0.684. The van der Waals surface area contributed by atoms with Crippen molar-refractivity contribution in [1.82, 2.24) is 15.0 Å². The third-order valence-corrected chi connectivity index (χ3v) is 3.72. The minimum Gasteiger partial charge on any atom is -0.494 e. The molecule has 0 bridgehead atoms. The Morgan fingerprint density at radius 3 is 2.68 bits per heavy atom. The summed E-state index contributed by atoms with van der Waals surface area (Å²) >= 11 is 6.05. The van der Waals surface area contributed by atoms with Gasteiger partial charge >= 0.3 is 0 Å². The molecular weight excluding hydrogens is 298 g/mol. The normalized spacial score (nSPS) is 10.7. The van der Waals surface area contributed by atoms with Gasteiger partial charge in [0.05, 0.1) is 18.7 Å². The molecule has 0 saturated heterocycles. The lowest BCUT2D eigenvalue weighted by Gasteiger charge is -2.11. The van der Waals surface area contributed by atoms with Crippen LogP contribution in [-0.4, -0.2) is 22.1 Å². The lowest BCUT2D eigenvalue weighted by atomic mass is 10.1. The van der Waals surface area contributed by atoms with Gasteiger partial charge in [-0.2, -0.15) is 0 Å². The molecule has 0 aliphatic heterocycles. The summed E-state index contributed by atoms with van der Waals surface area (Å²) in [6.07, 6.45) is 0. The summed E-state index contributed by atoms with van der Waals surface area (Å²) in [5.41, 5.74) is 4.68. The maximum atomic E-state index is 6.05. The Morgan fingerprint density at radius 1 is 1.14 bits per heavy atom. The second-order valence-corrected chi connectivity index (χ2v) is 5.24. The molecule has 22 heavy (non-hydrogen) atoms. The molecule has 0 aliphatic carbocycles. The van der Waals surface area contributed by atoms with Gasteiger partial charge < -0.3 is 4.74 Å². The molecule has 4 nitrogen and oxygen atoms in total. The zero-order chi connectivity index (χ0) is 15.5. The lowest BCUT2D eigenvalue weighted by Crippen LogP contribution is -2.02. The zero-order valence-corrected chi connectivity index (χ0v) is 13.2. The SMILES string of the molecule is COc1ccccc1-n1nnc(CCl)c1-c1cccc(C)c1. The van der Waals surface area contributed by atoms with Crippen molar-refractivity contribution in [1.29, 1.82) is 0 Å². The molecule has 0 amide bonds. The van der Waals surface area contributed by atoms with Crippen molar-refractivity contribution in [3.05, 3.63) is 59.8 Å². The number of aryl methyl sites for hydroxylation is 1. The van der Waals surface area contributed by atoms with E-state index in [-0.39, 0.29) is 0 Å². The van der Waals surface area contributed by atoms with Crippen molar-refractivity contribution in [2.75, 3.05) is 7.11 Å². The van der Waals surface area contributed by atoms with Crippen LogP contribution in [0.1, 0.15) is 11.3 Å². The van der Waals surface area contributed by atoms with E-state index in [1.807, 2.05) is 36.4 Å². The number of alkyl halides is 1. The van der Waals surface area contributed by atoms with E-state index in [2.05, 4.69) is 29.4 Å². The molecule has 0 atom stereocenters. The van der Waals surface area contributed by atoms with Gasteiger partial charge in [0.2, 0.25) is 0 Å². The van der Waals surface area contributed by atoms with Crippen LogP contribution in [0.4, 0.5) is 0 Å². The molecule has 5 heteroatoms. The van der Waals surface area contributed by atoms with Gasteiger partial charge in [-0.1, -0.05) is 41.1 Å². The minimum absolute atomic E-state index is 0.304. The van der Waals surface area contributed by atoms with Crippen LogP contribution in [0.25, 0.3) is 16.9 Å². The summed E-state index contributed by atoms with van der Waals surface area (Å²) in [6, 6.07) is 15.9. The molecule has 1 aromatic heterocycles. The van der Waals surface area contributed by atoms with Crippen LogP contribution < -0.4 is 4.74 Å². The molecule has 0 spiro atoms. The second-order valence-electron chi connectivity index (χ2n) is 4.97. The molecule has 0 fully saturated rings. The summed E-state index contributed by atoms with van der Waals surface area (Å²) in [5.74, 6) is 1.04. The number of nitrogens with zero attached hydrogens (tertiary/aromatic N) is 3. The van der Waals surface area contributed by atoms with Crippen molar-refractivity contribution < 1.29 is 4.74 Å². The van der Waals surface area contributed by atoms with Crippen LogP contribution in [0.15, 0.2) is 48.5 Å². The number of ether oxygens (including phenoxy) is 1. The van der Waals surface area contributed by atoms with Crippen LogP contribution in [0.2, 0.25) is 0 Å². The van der Waals surface area contributed by atoms with E-state index in [4.69, 9.17) is 16.3 Å². The van der Waals surface area contributed by atoms with Gasteiger partial charge in [0.1, 0.15) is 17.1 Å². The van der Waals surface area contributed by atoms with Crippen molar-refractivity contribution in [3.8, 4) is 22.7 Å². The van der Waals surface area contributed by atoms with E-state index in [9.17, 15) is 0 Å². The molecule has 0 radical (unpaired) electrons. The number of aromatic nitrogens is 3. The van der Waals surface area contributed by atoms with Crippen LogP contribution in [0, 0.1) is 6.92 Å². The molecule has 0 aliphatic rings. The Bertz CT molecular complexity index is 798. The van der Waals surface area contributed by atoms with E-state index in [0.29, 0.717) is 5.88 Å². The maximum Gasteiger partial charge on any atom is 0.144 e. The first kappa shape index (κ1) is 14.6. The molecule has 1 heterocycles. The van der Waals surface area contributed by atoms with E-state index < -0.39 is 0 Å². The van der Waals surface area contributed by atoms with Crippen LogP contribution in [0.3, 0.4) is 0 Å². The first-order valence-corrected chi connectivity index (χ1v) is 7.49. The predicted octanol–water partition coefficient (Wildman–Crippen LogP) is 3.99. The van der Waals surface area contributed by atoms with Gasteiger partial charge in [-0.05, 0) is 25.1 Å². The van der Waals surface area contributed by atoms with Crippen LogP contribution >= 0.6 is 11.6 Å². The number of methoxy groups -OCH3 is 1. The maximum absolute atomic E-state index is 6.05. The molecule has 3 aromatic rings. The number of para-hydroxylation sites is 2. The number of rotatable bonds is 4. The van der Waals surface area contributed by atoms with Crippen molar-refractivity contribution in [2.24, 2.45) is 0 Å². The highest BCUT2D eigenvalue weighted by atomic mass is 35.5. The van der Waals surface area contributed by atoms with Crippen LogP contribution in [0.5, 0.6) is 5.75 Å². The number of halogens is 1. The van der Waals surface area contributed by atoms with Gasteiger partial charge in [0.15, 0.2) is 0 Å². The smallest absolute Gasteiger partial charge is 0.144 e. The lowest BCUT2D eigenvalue weighted by molar-refractivity contribution is 0.411. The van der Waals surface area contributed by atoms with E-state index in [0.717, 1.165) is 28.4 Å². The summed E-state index contributed by atoms with van der Waals surface area (Å²) in [7, 11) is 1.64. The molecular formula is C17H16ClN3O. The van der Waals surface area contributed by atoms with E-state index >= 15 is 0 Å². The van der Waals surface area contributed by atoms with Crippen molar-refractivity contribution in [3.63, 3.8) is 0 Å². The molecule has 2 aromatic carbocycles.